The zero-order chi connectivity index (χ0) is 17.5. The quantitative estimate of drug-likeness (QED) is 0.869. The van der Waals surface area contributed by atoms with Gasteiger partial charge in [-0.25, -0.2) is 17.9 Å². The molecular weight excluding hydrogens is 355 g/mol. The predicted molar refractivity (Wildman–Crippen MR) is 87.6 cm³/mol. The van der Waals surface area contributed by atoms with E-state index in [2.05, 4.69) is 5.32 Å². The van der Waals surface area contributed by atoms with Crippen molar-refractivity contribution in [2.75, 3.05) is 0 Å². The number of hydrogen-bond donors (Lipinski definition) is 2. The minimum Gasteiger partial charge on any atom is -0.342 e. The van der Waals surface area contributed by atoms with Gasteiger partial charge in [-0.05, 0) is 48.7 Å². The molecule has 2 aromatic rings. The molecule has 1 aliphatic carbocycles. The highest BCUT2D eigenvalue weighted by Gasteiger charge is 2.46. The Labute approximate surface area is 143 Å². The standard InChI is InChI=1S/C16H14ClFN2O3S/c17-11-3-1-2-10(8-11)16(6-7-16)20-15(21)13-9-12(24(19,22)23)4-5-14(13)18/h1-5,8-9H,6-7H2,(H,20,21)(H2,19,22,23). The van der Waals surface area contributed by atoms with E-state index in [1.165, 1.54) is 0 Å². The smallest absolute Gasteiger partial charge is 0.254 e. The first-order chi connectivity index (χ1) is 11.2. The number of carbonyl (C=O) groups excluding carboxylic acids is 1. The van der Waals surface area contributed by atoms with Crippen LogP contribution < -0.4 is 10.5 Å². The lowest BCUT2D eigenvalue weighted by atomic mass is 10.0. The summed E-state index contributed by atoms with van der Waals surface area (Å²) in [5.41, 5.74) is -0.146. The Morgan fingerprint density at radius 2 is 1.92 bits per heavy atom. The summed E-state index contributed by atoms with van der Waals surface area (Å²) >= 11 is 5.98. The fourth-order valence-electron chi connectivity index (χ4n) is 2.54. The molecule has 3 N–H and O–H groups in total. The summed E-state index contributed by atoms with van der Waals surface area (Å²) in [5.74, 6) is -1.52. The van der Waals surface area contributed by atoms with Gasteiger partial charge in [-0.3, -0.25) is 4.79 Å². The first-order valence-electron chi connectivity index (χ1n) is 7.12. The van der Waals surface area contributed by atoms with Crippen molar-refractivity contribution in [3.05, 3.63) is 64.4 Å². The Balaban J connectivity index is 1.91. The number of hydrogen-bond acceptors (Lipinski definition) is 3. The minimum absolute atomic E-state index is 0.318. The third-order valence-corrected chi connectivity index (χ3v) is 5.14. The second-order valence-electron chi connectivity index (χ2n) is 5.73. The minimum atomic E-state index is -4.03. The number of rotatable bonds is 4. The largest absolute Gasteiger partial charge is 0.342 e. The number of nitrogens with two attached hydrogens (primary N) is 1. The third kappa shape index (κ3) is 3.28. The lowest BCUT2D eigenvalue weighted by molar-refractivity contribution is 0.0926. The van der Waals surface area contributed by atoms with Crippen molar-refractivity contribution >= 4 is 27.5 Å². The molecule has 24 heavy (non-hydrogen) atoms. The lowest BCUT2D eigenvalue weighted by Crippen LogP contribution is -2.35. The van der Waals surface area contributed by atoms with Crippen LogP contribution in [0.2, 0.25) is 5.02 Å². The number of amides is 1. The third-order valence-electron chi connectivity index (χ3n) is 3.99. The summed E-state index contributed by atoms with van der Waals surface area (Å²) in [4.78, 5) is 12.1. The van der Waals surface area contributed by atoms with E-state index in [9.17, 15) is 17.6 Å². The van der Waals surface area contributed by atoms with E-state index >= 15 is 0 Å². The van der Waals surface area contributed by atoms with E-state index in [0.29, 0.717) is 17.9 Å². The van der Waals surface area contributed by atoms with Crippen molar-refractivity contribution in [3.8, 4) is 0 Å². The molecule has 0 bridgehead atoms. The lowest BCUT2D eigenvalue weighted by Gasteiger charge is -2.18. The van der Waals surface area contributed by atoms with Crippen molar-refractivity contribution in [2.45, 2.75) is 23.3 Å². The zero-order valence-corrected chi connectivity index (χ0v) is 14.0. The van der Waals surface area contributed by atoms with Crippen LogP contribution in [0.3, 0.4) is 0 Å². The molecule has 1 amide bonds. The Morgan fingerprint density at radius 3 is 2.50 bits per heavy atom. The molecule has 0 spiro atoms. The monoisotopic (exact) mass is 368 g/mol. The van der Waals surface area contributed by atoms with Crippen molar-refractivity contribution in [1.29, 1.82) is 0 Å². The van der Waals surface area contributed by atoms with Crippen LogP contribution in [0.4, 0.5) is 4.39 Å². The Morgan fingerprint density at radius 1 is 1.21 bits per heavy atom. The molecule has 0 heterocycles. The van der Waals surface area contributed by atoms with Crippen LogP contribution in [0, 0.1) is 5.82 Å². The average molecular weight is 369 g/mol. The van der Waals surface area contributed by atoms with E-state index in [1.807, 2.05) is 6.07 Å². The molecule has 3 rings (SSSR count). The van der Waals surface area contributed by atoms with E-state index in [-0.39, 0.29) is 10.5 Å². The zero-order valence-electron chi connectivity index (χ0n) is 12.4. The number of benzene rings is 2. The van der Waals surface area contributed by atoms with Crippen LogP contribution >= 0.6 is 11.6 Å². The maximum absolute atomic E-state index is 14.0. The second kappa shape index (κ2) is 5.84. The molecule has 8 heteroatoms. The SMILES string of the molecule is NS(=O)(=O)c1ccc(F)c(C(=O)NC2(c3cccc(Cl)c3)CC2)c1. The fraction of sp³-hybridized carbons (Fsp3) is 0.188. The van der Waals surface area contributed by atoms with Crippen LogP contribution in [0.25, 0.3) is 0 Å². The van der Waals surface area contributed by atoms with E-state index in [1.54, 1.807) is 18.2 Å². The van der Waals surface area contributed by atoms with Gasteiger partial charge in [0.15, 0.2) is 0 Å². The van der Waals surface area contributed by atoms with Crippen LogP contribution in [0.5, 0.6) is 0 Å². The summed E-state index contributed by atoms with van der Waals surface area (Å²) < 4.78 is 36.7. The normalized spacial score (nSPS) is 15.8. The molecule has 0 aliphatic heterocycles. The molecule has 0 atom stereocenters. The highest BCUT2D eigenvalue weighted by atomic mass is 35.5. The predicted octanol–water partition coefficient (Wildman–Crippen LogP) is 2.55. The van der Waals surface area contributed by atoms with Crippen LogP contribution in [0.1, 0.15) is 28.8 Å². The van der Waals surface area contributed by atoms with Gasteiger partial charge in [-0.15, -0.1) is 0 Å². The second-order valence-corrected chi connectivity index (χ2v) is 7.73. The number of nitrogens with one attached hydrogen (secondary N) is 1. The number of carbonyl (C=O) groups is 1. The van der Waals surface area contributed by atoms with Gasteiger partial charge in [0.05, 0.1) is 16.0 Å². The van der Waals surface area contributed by atoms with Gasteiger partial charge in [0.25, 0.3) is 5.91 Å². The molecule has 1 aliphatic rings. The number of halogens is 2. The molecule has 0 radical (unpaired) electrons. The van der Waals surface area contributed by atoms with Crippen molar-refractivity contribution in [1.82, 2.24) is 5.32 Å². The molecule has 0 unspecified atom stereocenters. The van der Waals surface area contributed by atoms with Crippen molar-refractivity contribution < 1.29 is 17.6 Å². The van der Waals surface area contributed by atoms with Gasteiger partial charge in [0.1, 0.15) is 5.82 Å². The van der Waals surface area contributed by atoms with Gasteiger partial charge in [0.2, 0.25) is 10.0 Å². The van der Waals surface area contributed by atoms with E-state index in [0.717, 1.165) is 23.8 Å². The first-order valence-corrected chi connectivity index (χ1v) is 9.05. The molecular formula is C16H14ClFN2O3S. The fourth-order valence-corrected chi connectivity index (χ4v) is 3.27. The summed E-state index contributed by atoms with van der Waals surface area (Å²) in [6.07, 6.45) is 1.38. The topological polar surface area (TPSA) is 89.3 Å². The molecule has 1 saturated carbocycles. The maximum Gasteiger partial charge on any atom is 0.254 e. The van der Waals surface area contributed by atoms with Crippen LogP contribution in [-0.4, -0.2) is 14.3 Å². The van der Waals surface area contributed by atoms with Crippen molar-refractivity contribution in [3.63, 3.8) is 0 Å². The van der Waals surface area contributed by atoms with Crippen LogP contribution in [0.15, 0.2) is 47.4 Å². The number of sulfonamides is 1. The van der Waals surface area contributed by atoms with Gasteiger partial charge in [0, 0.05) is 5.02 Å². The Bertz CT molecular complexity index is 927. The van der Waals surface area contributed by atoms with Crippen LogP contribution in [-0.2, 0) is 15.6 Å². The molecule has 0 saturated heterocycles. The molecule has 2 aromatic carbocycles. The summed E-state index contributed by atoms with van der Waals surface area (Å²) in [6.45, 7) is 0. The molecule has 126 valence electrons. The summed E-state index contributed by atoms with van der Waals surface area (Å²) in [6, 6.07) is 9.93. The first kappa shape index (κ1) is 16.9. The Kier molecular flexibility index (Phi) is 4.11. The summed E-state index contributed by atoms with van der Waals surface area (Å²) in [5, 5.41) is 8.34. The molecule has 5 nitrogen and oxygen atoms in total. The average Bonchev–Trinajstić information content (AvgIpc) is 3.27. The van der Waals surface area contributed by atoms with Gasteiger partial charge in [-0.1, -0.05) is 23.7 Å². The molecule has 0 aromatic heterocycles. The highest BCUT2D eigenvalue weighted by molar-refractivity contribution is 7.89. The summed E-state index contributed by atoms with van der Waals surface area (Å²) in [7, 11) is -4.03. The van der Waals surface area contributed by atoms with E-state index < -0.39 is 27.3 Å². The molecule has 1 fully saturated rings. The highest BCUT2D eigenvalue weighted by Crippen LogP contribution is 2.46. The van der Waals surface area contributed by atoms with Gasteiger partial charge < -0.3 is 5.32 Å². The maximum atomic E-state index is 14.0. The van der Waals surface area contributed by atoms with Crippen molar-refractivity contribution in [2.24, 2.45) is 5.14 Å². The number of primary sulfonamides is 1. The Hall–Kier alpha value is -1.96. The van der Waals surface area contributed by atoms with E-state index in [4.69, 9.17) is 16.7 Å². The van der Waals surface area contributed by atoms with Gasteiger partial charge in [-0.2, -0.15) is 0 Å². The van der Waals surface area contributed by atoms with Gasteiger partial charge >= 0.3 is 0 Å².